The number of carbonyl (C=O) groups excluding carboxylic acids is 1. The van der Waals surface area contributed by atoms with Crippen LogP contribution in [0.3, 0.4) is 0 Å². The molecule has 152 valence electrons. The fourth-order valence-electron chi connectivity index (χ4n) is 2.62. The number of hydrogen-bond donors (Lipinski definition) is 1. The third-order valence-electron chi connectivity index (χ3n) is 4.51. The van der Waals surface area contributed by atoms with E-state index in [4.69, 9.17) is 10.2 Å². The van der Waals surface area contributed by atoms with Gasteiger partial charge >= 0.3 is 0 Å². The van der Waals surface area contributed by atoms with E-state index in [2.05, 4.69) is 18.8 Å². The van der Waals surface area contributed by atoms with Crippen molar-refractivity contribution in [2.75, 3.05) is 13.6 Å². The van der Waals surface area contributed by atoms with Crippen molar-refractivity contribution in [1.82, 2.24) is 9.88 Å². The molecule has 1 unspecified atom stereocenters. The molecule has 1 amide bonds. The SMILES string of the molecule is Cc1nc(CCC(=O)N(C)CCC(N)C(C)C)oc1-c1ccccc1.Cl.Cl. The largest absolute Gasteiger partial charge is 0.440 e. The van der Waals surface area contributed by atoms with Gasteiger partial charge in [0.2, 0.25) is 5.91 Å². The van der Waals surface area contributed by atoms with Gasteiger partial charge in [-0.25, -0.2) is 4.98 Å². The molecule has 5 nitrogen and oxygen atoms in total. The number of rotatable bonds is 8. The van der Waals surface area contributed by atoms with Crippen molar-refractivity contribution in [3.8, 4) is 11.3 Å². The number of benzene rings is 1. The molecule has 0 radical (unpaired) electrons. The van der Waals surface area contributed by atoms with Gasteiger partial charge in [0.25, 0.3) is 0 Å². The molecule has 0 aliphatic carbocycles. The lowest BCUT2D eigenvalue weighted by molar-refractivity contribution is -0.130. The van der Waals surface area contributed by atoms with E-state index in [1.807, 2.05) is 44.3 Å². The standard InChI is InChI=1S/C20H29N3O2.2ClH/c1-14(2)17(21)12-13-23(4)19(24)11-10-18-22-15(3)20(25-18)16-8-6-5-7-9-16;;/h5-9,14,17H,10-13,21H2,1-4H3;2*1H. The van der Waals surface area contributed by atoms with Gasteiger partial charge in [-0.3, -0.25) is 4.79 Å². The number of halogens is 2. The Morgan fingerprint density at radius 3 is 2.44 bits per heavy atom. The van der Waals surface area contributed by atoms with E-state index in [0.717, 1.165) is 23.4 Å². The number of hydrogen-bond acceptors (Lipinski definition) is 4. The van der Waals surface area contributed by atoms with Crippen molar-refractivity contribution in [3.05, 3.63) is 41.9 Å². The Labute approximate surface area is 174 Å². The molecule has 7 heteroatoms. The van der Waals surface area contributed by atoms with Gasteiger partial charge in [-0.15, -0.1) is 24.8 Å². The number of aryl methyl sites for hydroxylation is 2. The summed E-state index contributed by atoms with van der Waals surface area (Å²) in [5.41, 5.74) is 7.90. The van der Waals surface area contributed by atoms with Crippen LogP contribution in [0, 0.1) is 12.8 Å². The van der Waals surface area contributed by atoms with Crippen LogP contribution in [0.4, 0.5) is 0 Å². The Morgan fingerprint density at radius 1 is 1.22 bits per heavy atom. The third-order valence-corrected chi connectivity index (χ3v) is 4.51. The number of aromatic nitrogens is 1. The van der Waals surface area contributed by atoms with Crippen LogP contribution in [0.5, 0.6) is 0 Å². The number of nitrogens with zero attached hydrogens (tertiary/aromatic N) is 2. The highest BCUT2D eigenvalue weighted by atomic mass is 35.5. The smallest absolute Gasteiger partial charge is 0.222 e. The van der Waals surface area contributed by atoms with Gasteiger partial charge in [-0.2, -0.15) is 0 Å². The molecule has 1 aromatic heterocycles. The lowest BCUT2D eigenvalue weighted by Crippen LogP contribution is -2.34. The molecule has 1 atom stereocenters. The maximum absolute atomic E-state index is 12.3. The van der Waals surface area contributed by atoms with E-state index in [9.17, 15) is 4.79 Å². The zero-order valence-electron chi connectivity index (χ0n) is 16.5. The first kappa shape index (κ1) is 25.4. The first-order valence-electron chi connectivity index (χ1n) is 8.89. The predicted octanol–water partition coefficient (Wildman–Crippen LogP) is 4.26. The highest BCUT2D eigenvalue weighted by Crippen LogP contribution is 2.24. The zero-order chi connectivity index (χ0) is 18.4. The second-order valence-corrected chi connectivity index (χ2v) is 6.90. The van der Waals surface area contributed by atoms with Gasteiger partial charge in [0.15, 0.2) is 11.7 Å². The lowest BCUT2D eigenvalue weighted by Gasteiger charge is -2.21. The second kappa shape index (κ2) is 12.0. The van der Waals surface area contributed by atoms with E-state index in [1.54, 1.807) is 4.90 Å². The summed E-state index contributed by atoms with van der Waals surface area (Å²) >= 11 is 0. The molecule has 0 aliphatic rings. The molecule has 0 spiro atoms. The third kappa shape index (κ3) is 7.53. The number of oxazole rings is 1. The quantitative estimate of drug-likeness (QED) is 0.698. The lowest BCUT2D eigenvalue weighted by atomic mass is 10.0. The van der Waals surface area contributed by atoms with Crippen molar-refractivity contribution in [2.24, 2.45) is 11.7 Å². The van der Waals surface area contributed by atoms with Crippen molar-refractivity contribution in [1.29, 1.82) is 0 Å². The summed E-state index contributed by atoms with van der Waals surface area (Å²) in [6, 6.07) is 10.0. The van der Waals surface area contributed by atoms with Crippen LogP contribution in [0.1, 0.15) is 38.3 Å². The molecular weight excluding hydrogens is 385 g/mol. The van der Waals surface area contributed by atoms with Crippen molar-refractivity contribution in [3.63, 3.8) is 0 Å². The topological polar surface area (TPSA) is 72.4 Å². The summed E-state index contributed by atoms with van der Waals surface area (Å²) in [5.74, 6) is 1.90. The Balaban J connectivity index is 0.00000338. The minimum absolute atomic E-state index is 0. The molecule has 0 saturated carbocycles. The predicted molar refractivity (Wildman–Crippen MR) is 115 cm³/mol. The Bertz CT molecular complexity index is 690. The highest BCUT2D eigenvalue weighted by Gasteiger charge is 2.16. The summed E-state index contributed by atoms with van der Waals surface area (Å²) in [5, 5.41) is 0. The summed E-state index contributed by atoms with van der Waals surface area (Å²) < 4.78 is 5.86. The molecule has 2 aromatic rings. The van der Waals surface area contributed by atoms with E-state index < -0.39 is 0 Å². The fourth-order valence-corrected chi connectivity index (χ4v) is 2.62. The zero-order valence-corrected chi connectivity index (χ0v) is 18.1. The van der Waals surface area contributed by atoms with Crippen LogP contribution in [0.15, 0.2) is 34.7 Å². The van der Waals surface area contributed by atoms with Crippen LogP contribution in [-0.4, -0.2) is 35.4 Å². The summed E-state index contributed by atoms with van der Waals surface area (Å²) in [6.45, 7) is 6.80. The van der Waals surface area contributed by atoms with Gasteiger partial charge < -0.3 is 15.1 Å². The molecule has 0 bridgehead atoms. The second-order valence-electron chi connectivity index (χ2n) is 6.90. The maximum atomic E-state index is 12.3. The molecule has 0 fully saturated rings. The number of nitrogens with two attached hydrogens (primary N) is 1. The first-order valence-corrected chi connectivity index (χ1v) is 8.89. The number of carbonyl (C=O) groups is 1. The van der Waals surface area contributed by atoms with Gasteiger partial charge in [-0.1, -0.05) is 44.2 Å². The van der Waals surface area contributed by atoms with E-state index in [0.29, 0.717) is 31.2 Å². The minimum atomic E-state index is 0. The molecule has 2 N–H and O–H groups in total. The van der Waals surface area contributed by atoms with Crippen LogP contribution in [-0.2, 0) is 11.2 Å². The van der Waals surface area contributed by atoms with Crippen molar-refractivity contribution < 1.29 is 9.21 Å². The number of amides is 1. The summed E-state index contributed by atoms with van der Waals surface area (Å²) in [6.07, 6.45) is 1.71. The molecular formula is C20H31Cl2N3O2. The summed E-state index contributed by atoms with van der Waals surface area (Å²) in [4.78, 5) is 18.5. The van der Waals surface area contributed by atoms with Crippen LogP contribution in [0.2, 0.25) is 0 Å². The van der Waals surface area contributed by atoms with Crippen LogP contribution >= 0.6 is 24.8 Å². The fraction of sp³-hybridized carbons (Fsp3) is 0.500. The highest BCUT2D eigenvalue weighted by molar-refractivity contribution is 5.85. The molecule has 0 saturated heterocycles. The van der Waals surface area contributed by atoms with Gasteiger partial charge in [0.05, 0.1) is 5.69 Å². The van der Waals surface area contributed by atoms with Crippen molar-refractivity contribution >= 4 is 30.7 Å². The van der Waals surface area contributed by atoms with Crippen molar-refractivity contribution in [2.45, 2.75) is 46.1 Å². The van der Waals surface area contributed by atoms with E-state index >= 15 is 0 Å². The minimum Gasteiger partial charge on any atom is -0.440 e. The molecule has 27 heavy (non-hydrogen) atoms. The van der Waals surface area contributed by atoms with Gasteiger partial charge in [-0.05, 0) is 19.3 Å². The monoisotopic (exact) mass is 415 g/mol. The normalized spacial score (nSPS) is 11.5. The molecule has 1 aromatic carbocycles. The van der Waals surface area contributed by atoms with E-state index in [1.165, 1.54) is 0 Å². The van der Waals surface area contributed by atoms with Gasteiger partial charge in [0, 0.05) is 38.0 Å². The maximum Gasteiger partial charge on any atom is 0.222 e. The van der Waals surface area contributed by atoms with E-state index in [-0.39, 0.29) is 36.8 Å². The average Bonchev–Trinajstić information content (AvgIpc) is 2.98. The van der Waals surface area contributed by atoms with Crippen LogP contribution in [0.25, 0.3) is 11.3 Å². The average molecular weight is 416 g/mol. The molecule has 1 heterocycles. The Kier molecular flexibility index (Phi) is 11.3. The summed E-state index contributed by atoms with van der Waals surface area (Å²) in [7, 11) is 1.82. The Hall–Kier alpha value is -1.56. The Morgan fingerprint density at radius 2 is 1.85 bits per heavy atom. The molecule has 0 aliphatic heterocycles. The van der Waals surface area contributed by atoms with Crippen LogP contribution < -0.4 is 5.73 Å². The first-order chi connectivity index (χ1) is 11.9. The molecule has 2 rings (SSSR count). The van der Waals surface area contributed by atoms with Gasteiger partial charge in [0.1, 0.15) is 0 Å².